The standard InChI is InChI=1S/C30H40N2O4/c1-9-36-24-15-14-22(18-23(24)30(4,5)6)27(33)25-26(21-12-10-20(11-13-21)19(2)3)32(17-16-31(7)8)29(35)28(25)34/h10-15,18-19,26,33H,9,16-17H2,1-8H3/b27-25-. The number of ether oxygens (including phenoxy) is 1. The third-order valence-electron chi connectivity index (χ3n) is 6.61. The quantitative estimate of drug-likeness (QED) is 0.300. The zero-order valence-electron chi connectivity index (χ0n) is 22.9. The minimum absolute atomic E-state index is 0.125. The number of likely N-dealkylation sites (N-methyl/N-ethyl adjacent to an activating group) is 1. The van der Waals surface area contributed by atoms with Crippen LogP contribution in [-0.2, 0) is 15.0 Å². The minimum Gasteiger partial charge on any atom is -0.507 e. The first kappa shape index (κ1) is 27.5. The van der Waals surface area contributed by atoms with Crippen molar-refractivity contribution in [3.8, 4) is 5.75 Å². The predicted molar refractivity (Wildman–Crippen MR) is 144 cm³/mol. The van der Waals surface area contributed by atoms with Gasteiger partial charge in [-0.1, -0.05) is 58.9 Å². The van der Waals surface area contributed by atoms with Crippen LogP contribution in [-0.4, -0.2) is 60.4 Å². The first-order valence-electron chi connectivity index (χ1n) is 12.7. The highest BCUT2D eigenvalue weighted by Gasteiger charge is 2.46. The monoisotopic (exact) mass is 492 g/mol. The lowest BCUT2D eigenvalue weighted by Gasteiger charge is -2.27. The molecule has 0 aliphatic carbocycles. The fourth-order valence-electron chi connectivity index (χ4n) is 4.53. The number of carbonyl (C=O) groups is 2. The summed E-state index contributed by atoms with van der Waals surface area (Å²) in [7, 11) is 3.86. The van der Waals surface area contributed by atoms with Gasteiger partial charge in [0.25, 0.3) is 11.7 Å². The molecular formula is C30H40N2O4. The summed E-state index contributed by atoms with van der Waals surface area (Å²) in [5, 5.41) is 11.5. The molecule has 1 unspecified atom stereocenters. The molecule has 1 atom stereocenters. The molecule has 6 heteroatoms. The van der Waals surface area contributed by atoms with Gasteiger partial charge < -0.3 is 19.6 Å². The van der Waals surface area contributed by atoms with E-state index in [1.807, 2.05) is 62.3 Å². The van der Waals surface area contributed by atoms with E-state index in [9.17, 15) is 14.7 Å². The number of likely N-dealkylation sites (tertiary alicyclic amines) is 1. The van der Waals surface area contributed by atoms with Gasteiger partial charge in [-0.3, -0.25) is 9.59 Å². The summed E-state index contributed by atoms with van der Waals surface area (Å²) < 4.78 is 5.82. The van der Waals surface area contributed by atoms with E-state index in [-0.39, 0.29) is 16.7 Å². The van der Waals surface area contributed by atoms with Crippen LogP contribution in [0.2, 0.25) is 0 Å². The van der Waals surface area contributed by atoms with Crippen molar-refractivity contribution in [1.82, 2.24) is 9.80 Å². The number of rotatable bonds is 8. The molecule has 2 aromatic carbocycles. The lowest BCUT2D eigenvalue weighted by atomic mass is 9.84. The molecule has 2 aromatic rings. The summed E-state index contributed by atoms with van der Waals surface area (Å²) in [6.45, 7) is 13.9. The molecule has 1 amide bonds. The van der Waals surface area contributed by atoms with Crippen molar-refractivity contribution in [3.05, 3.63) is 70.3 Å². The molecule has 1 aliphatic rings. The smallest absolute Gasteiger partial charge is 0.295 e. The molecule has 1 heterocycles. The number of ketones is 1. The highest BCUT2D eigenvalue weighted by molar-refractivity contribution is 6.46. The molecule has 3 rings (SSSR count). The first-order chi connectivity index (χ1) is 16.9. The summed E-state index contributed by atoms with van der Waals surface area (Å²) in [5.41, 5.74) is 3.28. The van der Waals surface area contributed by atoms with E-state index in [2.05, 4.69) is 34.6 Å². The Kier molecular flexibility index (Phi) is 8.29. The number of benzene rings is 2. The van der Waals surface area contributed by atoms with Crippen LogP contribution in [0, 0.1) is 0 Å². The zero-order chi connectivity index (χ0) is 26.8. The third-order valence-corrected chi connectivity index (χ3v) is 6.61. The Morgan fingerprint density at radius 2 is 1.72 bits per heavy atom. The van der Waals surface area contributed by atoms with Crippen molar-refractivity contribution >= 4 is 17.4 Å². The lowest BCUT2D eigenvalue weighted by molar-refractivity contribution is -0.140. The van der Waals surface area contributed by atoms with E-state index in [4.69, 9.17) is 4.74 Å². The van der Waals surface area contributed by atoms with Gasteiger partial charge >= 0.3 is 0 Å². The van der Waals surface area contributed by atoms with Crippen LogP contribution in [0.15, 0.2) is 48.0 Å². The average molecular weight is 493 g/mol. The van der Waals surface area contributed by atoms with Crippen molar-refractivity contribution in [3.63, 3.8) is 0 Å². The van der Waals surface area contributed by atoms with E-state index in [0.29, 0.717) is 31.2 Å². The Labute approximate surface area is 215 Å². The summed E-state index contributed by atoms with van der Waals surface area (Å²) >= 11 is 0. The molecular weight excluding hydrogens is 452 g/mol. The van der Waals surface area contributed by atoms with Gasteiger partial charge in [-0.05, 0) is 61.7 Å². The van der Waals surface area contributed by atoms with Gasteiger partial charge in [-0.2, -0.15) is 0 Å². The molecule has 0 aromatic heterocycles. The van der Waals surface area contributed by atoms with E-state index in [1.54, 1.807) is 11.0 Å². The molecule has 0 radical (unpaired) electrons. The maximum absolute atomic E-state index is 13.3. The summed E-state index contributed by atoms with van der Waals surface area (Å²) in [5.74, 6) is -0.298. The van der Waals surface area contributed by atoms with Gasteiger partial charge in [-0.15, -0.1) is 0 Å². The molecule has 1 aliphatic heterocycles. The van der Waals surface area contributed by atoms with E-state index < -0.39 is 17.7 Å². The third kappa shape index (κ3) is 5.65. The average Bonchev–Trinajstić information content (AvgIpc) is 3.06. The Balaban J connectivity index is 2.19. The normalized spacial score (nSPS) is 17.9. The molecule has 1 N–H and O–H groups in total. The zero-order valence-corrected chi connectivity index (χ0v) is 22.9. The van der Waals surface area contributed by atoms with Crippen LogP contribution in [0.4, 0.5) is 0 Å². The number of aliphatic hydroxyl groups excluding tert-OH is 1. The second kappa shape index (κ2) is 10.9. The molecule has 0 spiro atoms. The molecule has 0 saturated carbocycles. The van der Waals surface area contributed by atoms with Crippen LogP contribution in [0.5, 0.6) is 5.75 Å². The van der Waals surface area contributed by atoms with E-state index in [1.165, 1.54) is 5.56 Å². The maximum atomic E-state index is 13.3. The molecule has 194 valence electrons. The number of amides is 1. The fraction of sp³-hybridized carbons (Fsp3) is 0.467. The van der Waals surface area contributed by atoms with Gasteiger partial charge in [0, 0.05) is 24.2 Å². The molecule has 36 heavy (non-hydrogen) atoms. The Morgan fingerprint density at radius 1 is 1.08 bits per heavy atom. The van der Waals surface area contributed by atoms with Crippen LogP contribution < -0.4 is 4.74 Å². The van der Waals surface area contributed by atoms with Gasteiger partial charge in [0.15, 0.2) is 0 Å². The van der Waals surface area contributed by atoms with Crippen LogP contribution in [0.1, 0.15) is 75.8 Å². The SMILES string of the molecule is CCOc1ccc(/C(O)=C2/C(=O)C(=O)N(CCN(C)C)C2c2ccc(C(C)C)cc2)cc1C(C)(C)C. The second-order valence-electron chi connectivity index (χ2n) is 11.0. The first-order valence-corrected chi connectivity index (χ1v) is 12.7. The Morgan fingerprint density at radius 3 is 2.25 bits per heavy atom. The maximum Gasteiger partial charge on any atom is 0.295 e. The second-order valence-corrected chi connectivity index (χ2v) is 11.0. The number of carbonyl (C=O) groups excluding carboxylic acids is 2. The van der Waals surface area contributed by atoms with Gasteiger partial charge in [0.2, 0.25) is 0 Å². The van der Waals surface area contributed by atoms with E-state index in [0.717, 1.165) is 16.9 Å². The van der Waals surface area contributed by atoms with Crippen molar-refractivity contribution in [2.75, 3.05) is 33.8 Å². The summed E-state index contributed by atoms with van der Waals surface area (Å²) in [4.78, 5) is 30.1. The van der Waals surface area contributed by atoms with Crippen LogP contribution >= 0.6 is 0 Å². The van der Waals surface area contributed by atoms with E-state index >= 15 is 0 Å². The van der Waals surface area contributed by atoms with Crippen LogP contribution in [0.3, 0.4) is 0 Å². The van der Waals surface area contributed by atoms with Crippen molar-refractivity contribution in [2.24, 2.45) is 0 Å². The predicted octanol–water partition coefficient (Wildman–Crippen LogP) is 5.49. The summed E-state index contributed by atoms with van der Waals surface area (Å²) in [6, 6.07) is 12.8. The highest BCUT2D eigenvalue weighted by atomic mass is 16.5. The largest absolute Gasteiger partial charge is 0.507 e. The molecule has 1 fully saturated rings. The lowest BCUT2D eigenvalue weighted by Crippen LogP contribution is -2.35. The van der Waals surface area contributed by atoms with Crippen molar-refractivity contribution in [2.45, 2.75) is 58.9 Å². The molecule has 1 saturated heterocycles. The Bertz CT molecular complexity index is 1140. The Hall–Kier alpha value is -3.12. The molecule has 0 bridgehead atoms. The number of nitrogens with zero attached hydrogens (tertiary/aromatic N) is 2. The van der Waals surface area contributed by atoms with Crippen molar-refractivity contribution in [1.29, 1.82) is 0 Å². The van der Waals surface area contributed by atoms with Gasteiger partial charge in [-0.25, -0.2) is 0 Å². The number of hydrogen-bond acceptors (Lipinski definition) is 5. The summed E-state index contributed by atoms with van der Waals surface area (Å²) in [6.07, 6.45) is 0. The number of hydrogen-bond donors (Lipinski definition) is 1. The number of aliphatic hydroxyl groups is 1. The highest BCUT2D eigenvalue weighted by Crippen LogP contribution is 2.41. The topological polar surface area (TPSA) is 70.1 Å². The minimum atomic E-state index is -0.657. The van der Waals surface area contributed by atoms with Crippen LogP contribution in [0.25, 0.3) is 5.76 Å². The van der Waals surface area contributed by atoms with Gasteiger partial charge in [0.05, 0.1) is 18.2 Å². The van der Waals surface area contributed by atoms with Gasteiger partial charge in [0.1, 0.15) is 11.5 Å². The fourth-order valence-corrected chi connectivity index (χ4v) is 4.53. The molecule has 6 nitrogen and oxygen atoms in total. The number of Topliss-reactive ketones (excluding diaryl/α,β-unsaturated/α-hetero) is 1. The van der Waals surface area contributed by atoms with Crippen molar-refractivity contribution < 1.29 is 19.4 Å².